The van der Waals surface area contributed by atoms with Crippen LogP contribution in [0.15, 0.2) is 10.3 Å². The minimum Gasteiger partial charge on any atom is -0.375 e. The Kier molecular flexibility index (Phi) is 3.79. The van der Waals surface area contributed by atoms with Gasteiger partial charge in [-0.2, -0.15) is 0 Å². The van der Waals surface area contributed by atoms with Crippen molar-refractivity contribution in [1.82, 2.24) is 15.2 Å². The number of halogens is 2. The van der Waals surface area contributed by atoms with E-state index < -0.39 is 30.8 Å². The van der Waals surface area contributed by atoms with E-state index in [0.29, 0.717) is 0 Å². The maximum Gasteiger partial charge on any atom is 1.00 e. The van der Waals surface area contributed by atoms with Gasteiger partial charge in [0.25, 0.3) is 20.4 Å². The molecule has 7 nitrogen and oxygen atoms in total. The predicted octanol–water partition coefficient (Wildman–Crippen LogP) is -4.09. The first-order valence-electron chi connectivity index (χ1n) is 2.48. The topological polar surface area (TPSA) is 107 Å². The van der Waals surface area contributed by atoms with Crippen LogP contribution in [0.25, 0.3) is 0 Å². The molecule has 12 heteroatoms. The van der Waals surface area contributed by atoms with Crippen molar-refractivity contribution in [1.29, 1.82) is 0 Å². The molecule has 1 heterocycles. The number of rotatable bonds is 2. The van der Waals surface area contributed by atoms with Crippen molar-refractivity contribution >= 4 is 20.4 Å². The molecule has 0 atom stereocenters. The van der Waals surface area contributed by atoms with Gasteiger partial charge in [-0.05, 0) is 0 Å². The first kappa shape index (κ1) is 13.5. The molecule has 14 heavy (non-hydrogen) atoms. The van der Waals surface area contributed by atoms with E-state index in [-0.39, 0.29) is 18.9 Å². The van der Waals surface area contributed by atoms with Gasteiger partial charge in [-0.15, -0.1) is 7.77 Å². The predicted molar refractivity (Wildman–Crippen MR) is 32.0 cm³/mol. The summed E-state index contributed by atoms with van der Waals surface area (Å²) >= 11 is 0. The van der Waals surface area contributed by atoms with E-state index in [1.165, 1.54) is 0 Å². The third-order valence-electron chi connectivity index (χ3n) is 0.849. The van der Waals surface area contributed by atoms with Crippen molar-refractivity contribution < 1.29 is 43.5 Å². The molecule has 0 aliphatic carbocycles. The van der Waals surface area contributed by atoms with Gasteiger partial charge in [-0.3, -0.25) is 0 Å². The summed E-state index contributed by atoms with van der Waals surface area (Å²) in [6.07, 6.45) is 0. The minimum atomic E-state index is -5.26. The van der Waals surface area contributed by atoms with Gasteiger partial charge in [0.15, 0.2) is 0 Å². The summed E-state index contributed by atoms with van der Waals surface area (Å²) in [4.78, 5) is 2.50. The second kappa shape index (κ2) is 3.93. The maximum absolute atomic E-state index is 12.0. The van der Waals surface area contributed by atoms with Crippen molar-refractivity contribution in [3.05, 3.63) is 0 Å². The third kappa shape index (κ3) is 3.02. The fraction of sp³-hybridized carbons (Fsp3) is 0. The van der Waals surface area contributed by atoms with Crippen molar-refractivity contribution in [3.63, 3.8) is 0 Å². The largest absolute Gasteiger partial charge is 1.00 e. The van der Waals surface area contributed by atoms with Crippen LogP contribution in [-0.4, -0.2) is 32.0 Å². The average Bonchev–Trinajstić information content (AvgIpc) is 2.28. The van der Waals surface area contributed by atoms with Gasteiger partial charge in [0, 0.05) is 0 Å². The standard InChI is InChI=1S/C2F2N3O4S2.Li/c3-12(8,9)1-5-2(7-6-1)13(4,10)11;/q-1;+1. The SMILES string of the molecule is O=S(=O)(F)c1nn[c-](S(=O)(=O)F)n1.[Li+]. The van der Waals surface area contributed by atoms with Gasteiger partial charge < -0.3 is 4.98 Å². The molecule has 74 valence electrons. The first-order valence-corrected chi connectivity index (χ1v) is 5.24. The Morgan fingerprint density at radius 1 is 1.14 bits per heavy atom. The quantitative estimate of drug-likeness (QED) is 0.293. The Morgan fingerprint density at radius 3 is 1.86 bits per heavy atom. The molecule has 1 aromatic rings. The van der Waals surface area contributed by atoms with E-state index in [9.17, 15) is 24.6 Å². The van der Waals surface area contributed by atoms with Crippen LogP contribution < -0.4 is 18.9 Å². The summed E-state index contributed by atoms with van der Waals surface area (Å²) in [5.41, 5.74) is 0. The van der Waals surface area contributed by atoms with Gasteiger partial charge in [-0.1, -0.05) is 0 Å². The molecule has 0 aromatic carbocycles. The van der Waals surface area contributed by atoms with Crippen LogP contribution in [0.1, 0.15) is 0 Å². The molecule has 0 unspecified atom stereocenters. The Labute approximate surface area is 89.5 Å². The zero-order chi connectivity index (χ0) is 10.3. The van der Waals surface area contributed by atoms with E-state index in [0.717, 1.165) is 0 Å². The number of hydrogen-bond donors (Lipinski definition) is 0. The molecule has 0 saturated carbocycles. The second-order valence-electron chi connectivity index (χ2n) is 1.75. The van der Waals surface area contributed by atoms with E-state index >= 15 is 0 Å². The van der Waals surface area contributed by atoms with Crippen LogP contribution in [0.4, 0.5) is 7.77 Å². The molecule has 1 rings (SSSR count). The molecule has 0 spiro atoms. The molecular weight excluding hydrogens is 239 g/mol. The molecule has 1 aromatic heterocycles. The number of nitrogens with zero attached hydrogens (tertiary/aromatic N) is 3. The van der Waals surface area contributed by atoms with Gasteiger partial charge in [-0.25, -0.2) is 27.0 Å². The zero-order valence-electron chi connectivity index (χ0n) is 6.55. The minimum absolute atomic E-state index is 0. The molecule has 0 N–H and O–H groups in total. The summed E-state index contributed by atoms with van der Waals surface area (Å²) in [6, 6.07) is 0. The first-order chi connectivity index (χ1) is 5.71. The molecule has 0 fully saturated rings. The summed E-state index contributed by atoms with van der Waals surface area (Å²) in [7, 11) is -10.5. The fourth-order valence-electron chi connectivity index (χ4n) is 0.419. The average molecular weight is 239 g/mol. The Balaban J connectivity index is 0.00000169. The summed E-state index contributed by atoms with van der Waals surface area (Å²) < 4.78 is 64.1. The summed E-state index contributed by atoms with van der Waals surface area (Å²) in [6.45, 7) is 0. The van der Waals surface area contributed by atoms with Gasteiger partial charge in [0.05, 0.1) is 0 Å². The molecule has 0 aliphatic rings. The van der Waals surface area contributed by atoms with Crippen LogP contribution in [0.3, 0.4) is 0 Å². The molecule has 0 aliphatic heterocycles. The fourth-order valence-corrected chi connectivity index (χ4v) is 1.14. The summed E-state index contributed by atoms with van der Waals surface area (Å²) in [5.74, 6) is 0. The molecular formula is C2F2LiN3O4S2. The normalized spacial score (nSPS) is 12.1. The monoisotopic (exact) mass is 239 g/mol. The van der Waals surface area contributed by atoms with E-state index in [1.807, 2.05) is 0 Å². The second-order valence-corrected chi connectivity index (χ2v) is 4.23. The van der Waals surface area contributed by atoms with Crippen molar-refractivity contribution in [3.8, 4) is 0 Å². The van der Waals surface area contributed by atoms with Crippen LogP contribution in [-0.2, 0) is 20.4 Å². The van der Waals surface area contributed by atoms with E-state index in [1.54, 1.807) is 0 Å². The molecule has 0 amide bonds. The van der Waals surface area contributed by atoms with Crippen molar-refractivity contribution in [2.45, 2.75) is 10.3 Å². The van der Waals surface area contributed by atoms with Crippen LogP contribution in [0.5, 0.6) is 0 Å². The van der Waals surface area contributed by atoms with Gasteiger partial charge >= 0.3 is 18.9 Å². The number of hydrogen-bond acceptors (Lipinski definition) is 7. The maximum atomic E-state index is 12.0. The van der Waals surface area contributed by atoms with E-state index in [2.05, 4.69) is 15.2 Å². The molecule has 0 saturated heterocycles. The third-order valence-corrected chi connectivity index (χ3v) is 2.07. The van der Waals surface area contributed by atoms with Crippen LogP contribution in [0.2, 0.25) is 0 Å². The van der Waals surface area contributed by atoms with Gasteiger partial charge in [0.2, 0.25) is 0 Å². The number of aromatic nitrogens is 3. The zero-order valence-corrected chi connectivity index (χ0v) is 8.18. The Morgan fingerprint density at radius 2 is 1.64 bits per heavy atom. The van der Waals surface area contributed by atoms with Crippen molar-refractivity contribution in [2.75, 3.05) is 0 Å². The summed E-state index contributed by atoms with van der Waals surface area (Å²) in [5, 5.41) is 2.06. The van der Waals surface area contributed by atoms with Crippen LogP contribution >= 0.6 is 0 Å². The molecule has 0 radical (unpaired) electrons. The Bertz CT molecular complexity index is 474. The smallest absolute Gasteiger partial charge is 0.375 e. The van der Waals surface area contributed by atoms with Crippen molar-refractivity contribution in [2.24, 2.45) is 0 Å². The molecule has 0 bridgehead atoms. The van der Waals surface area contributed by atoms with E-state index in [4.69, 9.17) is 0 Å². The van der Waals surface area contributed by atoms with Crippen LogP contribution in [0, 0.1) is 0 Å². The Hall–Kier alpha value is -0.503. The van der Waals surface area contributed by atoms with Gasteiger partial charge in [0.1, 0.15) is 10.3 Å².